The van der Waals surface area contributed by atoms with E-state index in [0.717, 1.165) is 18.9 Å². The van der Waals surface area contributed by atoms with Crippen molar-refractivity contribution in [3.8, 4) is 17.0 Å². The number of likely N-dealkylation sites (tertiary alicyclic amines) is 1. The Morgan fingerprint density at radius 2 is 1.94 bits per heavy atom. The number of ether oxygens (including phenoxy) is 2. The summed E-state index contributed by atoms with van der Waals surface area (Å²) in [4.78, 5) is 13.9. The van der Waals surface area contributed by atoms with Crippen molar-refractivity contribution in [3.63, 3.8) is 0 Å². The van der Waals surface area contributed by atoms with Crippen LogP contribution in [0, 0.1) is 6.92 Å². The standard InChI is InChI=1S/C23H28F3N3O4/c1-14-10-15(23(24,25)26)11-19(30)20(14)18-8-7-16(27-28-18)13-32-17-6-5-9-29(12-17)21(31)33-22(2,3)4/h7-8,10-11,17,30H,5-6,9,12-13H2,1-4H3. The minimum absolute atomic E-state index is 0.165. The van der Waals surface area contributed by atoms with Crippen LogP contribution in [0.3, 0.4) is 0 Å². The molecule has 1 saturated heterocycles. The molecule has 10 heteroatoms. The number of amides is 1. The highest BCUT2D eigenvalue weighted by Crippen LogP contribution is 2.38. The van der Waals surface area contributed by atoms with Crippen molar-refractivity contribution in [1.29, 1.82) is 0 Å². The lowest BCUT2D eigenvalue weighted by atomic mass is 10.0. The Bertz CT molecular complexity index is 965. The number of aryl methyl sites for hydroxylation is 1. The number of benzene rings is 1. The van der Waals surface area contributed by atoms with Gasteiger partial charge < -0.3 is 19.5 Å². The number of piperidine rings is 1. The molecule has 1 aliphatic rings. The van der Waals surface area contributed by atoms with E-state index in [-0.39, 0.29) is 35.6 Å². The van der Waals surface area contributed by atoms with Crippen molar-refractivity contribution < 1.29 is 32.5 Å². The van der Waals surface area contributed by atoms with Gasteiger partial charge in [0.2, 0.25) is 0 Å². The van der Waals surface area contributed by atoms with Crippen molar-refractivity contribution in [1.82, 2.24) is 15.1 Å². The summed E-state index contributed by atoms with van der Waals surface area (Å²) in [6.07, 6.45) is -3.50. The van der Waals surface area contributed by atoms with E-state index in [1.165, 1.54) is 6.92 Å². The van der Waals surface area contributed by atoms with Gasteiger partial charge in [-0.1, -0.05) is 0 Å². The van der Waals surface area contributed by atoms with Crippen molar-refractivity contribution >= 4 is 6.09 Å². The number of carbonyl (C=O) groups excluding carboxylic acids is 1. The highest BCUT2D eigenvalue weighted by atomic mass is 19.4. The van der Waals surface area contributed by atoms with Gasteiger partial charge in [0, 0.05) is 12.1 Å². The molecule has 0 spiro atoms. The average molecular weight is 467 g/mol. The third-order valence-corrected chi connectivity index (χ3v) is 5.11. The average Bonchev–Trinajstić information content (AvgIpc) is 2.71. The summed E-state index contributed by atoms with van der Waals surface area (Å²) in [6.45, 7) is 8.12. The number of hydrogen-bond acceptors (Lipinski definition) is 6. The van der Waals surface area contributed by atoms with Crippen LogP contribution in [0.4, 0.5) is 18.0 Å². The lowest BCUT2D eigenvalue weighted by molar-refractivity contribution is -0.137. The fourth-order valence-electron chi connectivity index (χ4n) is 3.61. The van der Waals surface area contributed by atoms with Crippen LogP contribution in [0.25, 0.3) is 11.3 Å². The topological polar surface area (TPSA) is 84.8 Å². The zero-order valence-corrected chi connectivity index (χ0v) is 19.1. The number of alkyl halides is 3. The molecule has 1 aromatic heterocycles. The largest absolute Gasteiger partial charge is 0.507 e. The number of hydrogen-bond donors (Lipinski definition) is 1. The van der Waals surface area contributed by atoms with Crippen LogP contribution in [0.2, 0.25) is 0 Å². The molecule has 2 aromatic rings. The second-order valence-corrected chi connectivity index (χ2v) is 9.10. The summed E-state index contributed by atoms with van der Waals surface area (Å²) in [5.41, 5.74) is -0.267. The fourth-order valence-corrected chi connectivity index (χ4v) is 3.61. The van der Waals surface area contributed by atoms with Gasteiger partial charge in [-0.25, -0.2) is 4.79 Å². The van der Waals surface area contributed by atoms with E-state index in [9.17, 15) is 23.1 Å². The molecule has 1 aromatic carbocycles. The molecule has 1 atom stereocenters. The van der Waals surface area contributed by atoms with Gasteiger partial charge >= 0.3 is 12.3 Å². The Morgan fingerprint density at radius 3 is 2.52 bits per heavy atom. The molecule has 0 saturated carbocycles. The number of phenolic OH excluding ortho intramolecular Hbond substituents is 1. The summed E-state index contributed by atoms with van der Waals surface area (Å²) >= 11 is 0. The van der Waals surface area contributed by atoms with E-state index >= 15 is 0 Å². The maximum Gasteiger partial charge on any atom is 0.416 e. The Labute approximate surface area is 190 Å². The molecule has 1 aliphatic heterocycles. The van der Waals surface area contributed by atoms with Gasteiger partial charge in [-0.2, -0.15) is 23.4 Å². The normalized spacial score (nSPS) is 17.2. The molecular weight excluding hydrogens is 439 g/mol. The molecule has 180 valence electrons. The lowest BCUT2D eigenvalue weighted by Crippen LogP contribution is -2.45. The monoisotopic (exact) mass is 467 g/mol. The third kappa shape index (κ3) is 6.56. The quantitative estimate of drug-likeness (QED) is 0.674. The van der Waals surface area contributed by atoms with E-state index in [2.05, 4.69) is 10.2 Å². The summed E-state index contributed by atoms with van der Waals surface area (Å²) in [5, 5.41) is 18.3. The number of rotatable bonds is 4. The third-order valence-electron chi connectivity index (χ3n) is 5.11. The lowest BCUT2D eigenvalue weighted by Gasteiger charge is -2.33. The zero-order valence-electron chi connectivity index (χ0n) is 19.1. The minimum Gasteiger partial charge on any atom is -0.507 e. The number of aromatic hydroxyl groups is 1. The van der Waals surface area contributed by atoms with Gasteiger partial charge in [0.05, 0.1) is 36.2 Å². The van der Waals surface area contributed by atoms with Gasteiger partial charge in [0.15, 0.2) is 0 Å². The van der Waals surface area contributed by atoms with Crippen LogP contribution in [-0.2, 0) is 22.3 Å². The van der Waals surface area contributed by atoms with Crippen LogP contribution < -0.4 is 0 Å². The molecule has 3 rings (SSSR count). The number of halogens is 3. The number of phenols is 1. The maximum absolute atomic E-state index is 12.9. The molecule has 7 nitrogen and oxygen atoms in total. The number of nitrogens with zero attached hydrogens (tertiary/aromatic N) is 3. The molecular formula is C23H28F3N3O4. The van der Waals surface area contributed by atoms with Gasteiger partial charge in [-0.05, 0) is 70.4 Å². The highest BCUT2D eigenvalue weighted by molar-refractivity contribution is 5.71. The maximum atomic E-state index is 12.9. The van der Waals surface area contributed by atoms with E-state index in [4.69, 9.17) is 9.47 Å². The van der Waals surface area contributed by atoms with Crippen LogP contribution >= 0.6 is 0 Å². The van der Waals surface area contributed by atoms with E-state index in [0.29, 0.717) is 24.8 Å². The van der Waals surface area contributed by atoms with Crippen LogP contribution in [0.5, 0.6) is 5.75 Å². The number of aromatic nitrogens is 2. The Hall–Kier alpha value is -2.88. The van der Waals surface area contributed by atoms with E-state index in [1.54, 1.807) is 17.0 Å². The first kappa shape index (κ1) is 24.8. The van der Waals surface area contributed by atoms with Crippen LogP contribution in [-0.4, -0.2) is 51.1 Å². The molecule has 1 unspecified atom stereocenters. The molecule has 0 bridgehead atoms. The molecule has 0 aliphatic carbocycles. The van der Waals surface area contributed by atoms with Crippen LogP contribution in [0.15, 0.2) is 24.3 Å². The molecule has 33 heavy (non-hydrogen) atoms. The Kier molecular flexibility index (Phi) is 7.16. The predicted molar refractivity (Wildman–Crippen MR) is 114 cm³/mol. The predicted octanol–water partition coefficient (Wildman–Crippen LogP) is 5.09. The van der Waals surface area contributed by atoms with Gasteiger partial charge in [0.1, 0.15) is 11.4 Å². The van der Waals surface area contributed by atoms with E-state index < -0.39 is 23.1 Å². The second-order valence-electron chi connectivity index (χ2n) is 9.10. The van der Waals surface area contributed by atoms with Crippen molar-refractivity contribution in [2.24, 2.45) is 0 Å². The molecule has 1 N–H and O–H groups in total. The van der Waals surface area contributed by atoms with Crippen molar-refractivity contribution in [3.05, 3.63) is 41.1 Å². The van der Waals surface area contributed by atoms with Gasteiger partial charge in [-0.3, -0.25) is 0 Å². The summed E-state index contributed by atoms with van der Waals surface area (Å²) in [7, 11) is 0. The first-order valence-electron chi connectivity index (χ1n) is 10.7. The molecule has 0 radical (unpaired) electrons. The smallest absolute Gasteiger partial charge is 0.416 e. The van der Waals surface area contributed by atoms with E-state index in [1.807, 2.05) is 20.8 Å². The SMILES string of the molecule is Cc1cc(C(F)(F)F)cc(O)c1-c1ccc(COC2CCCN(C(=O)OC(C)(C)C)C2)nn1. The minimum atomic E-state index is -4.55. The summed E-state index contributed by atoms with van der Waals surface area (Å²) < 4.78 is 50.1. The summed E-state index contributed by atoms with van der Waals surface area (Å²) in [5.74, 6) is -0.509. The fraction of sp³-hybridized carbons (Fsp3) is 0.522. The Morgan fingerprint density at radius 1 is 1.21 bits per heavy atom. The zero-order chi connectivity index (χ0) is 24.4. The van der Waals surface area contributed by atoms with Crippen molar-refractivity contribution in [2.45, 2.75) is 65.0 Å². The van der Waals surface area contributed by atoms with Crippen molar-refractivity contribution in [2.75, 3.05) is 13.1 Å². The molecule has 1 amide bonds. The number of carbonyl (C=O) groups is 1. The summed E-state index contributed by atoms with van der Waals surface area (Å²) in [6, 6.07) is 4.87. The second kappa shape index (κ2) is 9.54. The first-order chi connectivity index (χ1) is 15.3. The first-order valence-corrected chi connectivity index (χ1v) is 10.7. The van der Waals surface area contributed by atoms with Gasteiger partial charge in [0.25, 0.3) is 0 Å². The van der Waals surface area contributed by atoms with Crippen LogP contribution in [0.1, 0.15) is 50.4 Å². The Balaban J connectivity index is 1.62. The molecule has 2 heterocycles. The van der Waals surface area contributed by atoms with Gasteiger partial charge in [-0.15, -0.1) is 0 Å². The molecule has 1 fully saturated rings. The highest BCUT2D eigenvalue weighted by Gasteiger charge is 2.32.